The molecule has 0 radical (unpaired) electrons. The van der Waals surface area contributed by atoms with E-state index < -0.39 is 0 Å². The van der Waals surface area contributed by atoms with Crippen molar-refractivity contribution >= 4 is 6.09 Å². The highest BCUT2D eigenvalue weighted by Gasteiger charge is 2.23. The summed E-state index contributed by atoms with van der Waals surface area (Å²) in [5, 5.41) is 0. The van der Waals surface area contributed by atoms with Gasteiger partial charge in [-0.05, 0) is 31.2 Å². The first-order valence-electron chi connectivity index (χ1n) is 8.42. The Morgan fingerprint density at radius 2 is 1.96 bits per heavy atom. The number of unbranched alkanes of at least 4 members (excludes halogenated alkanes) is 1. The third kappa shape index (κ3) is 7.18. The van der Waals surface area contributed by atoms with Gasteiger partial charge in [0.05, 0.1) is 0 Å². The van der Waals surface area contributed by atoms with Crippen LogP contribution in [-0.2, 0) is 11.3 Å². The zero-order valence-corrected chi connectivity index (χ0v) is 14.2. The smallest absolute Gasteiger partial charge is 0.410 e. The molecule has 1 aromatic rings. The van der Waals surface area contributed by atoms with Crippen LogP contribution >= 0.6 is 0 Å². The van der Waals surface area contributed by atoms with E-state index in [9.17, 15) is 4.79 Å². The van der Waals surface area contributed by atoms with E-state index in [1.807, 2.05) is 41.3 Å². The van der Waals surface area contributed by atoms with Crippen molar-refractivity contribution < 1.29 is 9.53 Å². The van der Waals surface area contributed by atoms with E-state index in [1.54, 1.807) is 6.08 Å². The number of nitrogens with zero attached hydrogens (tertiary/aromatic N) is 1. The minimum absolute atomic E-state index is 0.196. The van der Waals surface area contributed by atoms with E-state index in [0.717, 1.165) is 37.7 Å². The van der Waals surface area contributed by atoms with E-state index in [0.29, 0.717) is 13.2 Å². The number of allylic oxidation sites excluding steroid dienone is 1. The standard InChI is InChI=1S/C20H29NO2/c1-4-7-9-15-19(12-5-2)21(16-6-3)20(22)23-17-18-13-10-8-11-14-18/h4,6,8,10-11,13-14,19H,1,3,5,7,9,12,15-17H2,2H3/t19-/m0/s1. The lowest BCUT2D eigenvalue weighted by Crippen LogP contribution is -2.40. The van der Waals surface area contributed by atoms with Gasteiger partial charge in [0.15, 0.2) is 0 Å². The SMILES string of the molecule is C=CCCC[C@H](CCC)N(CC=C)C(=O)OCc1ccccc1. The van der Waals surface area contributed by atoms with Crippen molar-refractivity contribution in [2.24, 2.45) is 0 Å². The zero-order valence-electron chi connectivity index (χ0n) is 14.2. The molecule has 0 heterocycles. The molecule has 3 nitrogen and oxygen atoms in total. The molecule has 0 saturated carbocycles. The van der Waals surface area contributed by atoms with Crippen molar-refractivity contribution in [2.45, 2.75) is 51.7 Å². The second kappa shape index (κ2) is 11.5. The number of ether oxygens (including phenoxy) is 1. The molecule has 0 fully saturated rings. The zero-order chi connectivity index (χ0) is 16.9. The molecule has 0 unspecified atom stereocenters. The maximum atomic E-state index is 12.5. The molecule has 0 aromatic heterocycles. The number of benzene rings is 1. The summed E-state index contributed by atoms with van der Waals surface area (Å²) in [6, 6.07) is 9.95. The second-order valence-electron chi connectivity index (χ2n) is 5.64. The van der Waals surface area contributed by atoms with Crippen LogP contribution in [0.1, 0.15) is 44.6 Å². The van der Waals surface area contributed by atoms with Crippen molar-refractivity contribution in [3.8, 4) is 0 Å². The van der Waals surface area contributed by atoms with Crippen LogP contribution in [-0.4, -0.2) is 23.6 Å². The summed E-state index contributed by atoms with van der Waals surface area (Å²) in [6.07, 6.45) is 8.42. The van der Waals surface area contributed by atoms with Crippen molar-refractivity contribution in [3.05, 3.63) is 61.2 Å². The fraction of sp³-hybridized carbons (Fsp3) is 0.450. The number of rotatable bonds is 11. The highest BCUT2D eigenvalue weighted by molar-refractivity contribution is 5.68. The normalized spacial score (nSPS) is 11.5. The van der Waals surface area contributed by atoms with Crippen LogP contribution in [0.3, 0.4) is 0 Å². The second-order valence-corrected chi connectivity index (χ2v) is 5.64. The largest absolute Gasteiger partial charge is 0.445 e. The Bertz CT molecular complexity index is 470. The minimum atomic E-state index is -0.259. The molecule has 126 valence electrons. The first-order chi connectivity index (χ1) is 11.2. The van der Waals surface area contributed by atoms with Crippen LogP contribution in [0.5, 0.6) is 0 Å². The van der Waals surface area contributed by atoms with E-state index in [-0.39, 0.29) is 12.1 Å². The van der Waals surface area contributed by atoms with Gasteiger partial charge in [-0.15, -0.1) is 13.2 Å². The van der Waals surface area contributed by atoms with Crippen LogP contribution in [0, 0.1) is 0 Å². The van der Waals surface area contributed by atoms with Gasteiger partial charge in [-0.25, -0.2) is 4.79 Å². The van der Waals surface area contributed by atoms with Gasteiger partial charge in [0, 0.05) is 12.6 Å². The Kier molecular flexibility index (Phi) is 9.53. The molecule has 23 heavy (non-hydrogen) atoms. The number of hydrogen-bond acceptors (Lipinski definition) is 2. The lowest BCUT2D eigenvalue weighted by atomic mass is 10.0. The van der Waals surface area contributed by atoms with Crippen molar-refractivity contribution in [1.82, 2.24) is 4.90 Å². The van der Waals surface area contributed by atoms with E-state index >= 15 is 0 Å². The van der Waals surface area contributed by atoms with Crippen molar-refractivity contribution in [1.29, 1.82) is 0 Å². The van der Waals surface area contributed by atoms with Crippen molar-refractivity contribution in [2.75, 3.05) is 6.54 Å². The van der Waals surface area contributed by atoms with Crippen LogP contribution in [0.2, 0.25) is 0 Å². The summed E-state index contributed by atoms with van der Waals surface area (Å²) in [5.74, 6) is 0. The van der Waals surface area contributed by atoms with Gasteiger partial charge in [-0.2, -0.15) is 0 Å². The Labute approximate surface area is 140 Å². The van der Waals surface area contributed by atoms with Gasteiger partial charge in [0.25, 0.3) is 0 Å². The van der Waals surface area contributed by atoms with Crippen LogP contribution in [0.4, 0.5) is 4.79 Å². The summed E-state index contributed by atoms with van der Waals surface area (Å²) >= 11 is 0. The molecule has 1 amide bonds. The molecular weight excluding hydrogens is 286 g/mol. The number of carbonyl (C=O) groups excluding carboxylic acids is 1. The first kappa shape index (κ1) is 19.0. The highest BCUT2D eigenvalue weighted by atomic mass is 16.6. The van der Waals surface area contributed by atoms with Crippen LogP contribution in [0.15, 0.2) is 55.6 Å². The molecule has 0 aliphatic rings. The van der Waals surface area contributed by atoms with Gasteiger partial charge in [-0.1, -0.05) is 55.8 Å². The van der Waals surface area contributed by atoms with Crippen LogP contribution < -0.4 is 0 Å². The minimum Gasteiger partial charge on any atom is -0.445 e. The van der Waals surface area contributed by atoms with Crippen LogP contribution in [0.25, 0.3) is 0 Å². The first-order valence-corrected chi connectivity index (χ1v) is 8.42. The maximum Gasteiger partial charge on any atom is 0.410 e. The molecule has 0 N–H and O–H groups in total. The lowest BCUT2D eigenvalue weighted by Gasteiger charge is -2.30. The molecule has 0 saturated heterocycles. The summed E-state index contributed by atoms with van der Waals surface area (Å²) in [4.78, 5) is 14.3. The molecule has 0 aliphatic carbocycles. The summed E-state index contributed by atoms with van der Waals surface area (Å²) in [7, 11) is 0. The average molecular weight is 315 g/mol. The monoisotopic (exact) mass is 315 g/mol. The van der Waals surface area contributed by atoms with Gasteiger partial charge < -0.3 is 9.64 Å². The van der Waals surface area contributed by atoms with Gasteiger partial charge in [0.1, 0.15) is 6.61 Å². The molecule has 1 rings (SSSR count). The van der Waals surface area contributed by atoms with Gasteiger partial charge in [-0.3, -0.25) is 0 Å². The maximum absolute atomic E-state index is 12.5. The third-order valence-corrected chi connectivity index (χ3v) is 3.77. The predicted octanol–water partition coefficient (Wildman–Crippen LogP) is 5.34. The molecule has 0 aliphatic heterocycles. The molecule has 1 aromatic carbocycles. The third-order valence-electron chi connectivity index (χ3n) is 3.77. The average Bonchev–Trinajstić information content (AvgIpc) is 2.58. The summed E-state index contributed by atoms with van der Waals surface area (Å²) < 4.78 is 5.50. The lowest BCUT2D eigenvalue weighted by molar-refractivity contribution is 0.0810. The highest BCUT2D eigenvalue weighted by Crippen LogP contribution is 2.17. The molecule has 0 bridgehead atoms. The van der Waals surface area contributed by atoms with E-state index in [1.165, 1.54) is 0 Å². The molecule has 0 spiro atoms. The summed E-state index contributed by atoms with van der Waals surface area (Å²) in [5.41, 5.74) is 0.998. The molecule has 3 heteroatoms. The molecular formula is C20H29NO2. The quantitative estimate of drug-likeness (QED) is 0.407. The molecule has 1 atom stereocenters. The van der Waals surface area contributed by atoms with Gasteiger partial charge in [0.2, 0.25) is 0 Å². The van der Waals surface area contributed by atoms with Gasteiger partial charge >= 0.3 is 6.09 Å². The number of amides is 1. The Morgan fingerprint density at radius 3 is 2.57 bits per heavy atom. The van der Waals surface area contributed by atoms with E-state index in [2.05, 4.69) is 20.1 Å². The Morgan fingerprint density at radius 1 is 1.22 bits per heavy atom. The fourth-order valence-corrected chi connectivity index (χ4v) is 2.60. The fourth-order valence-electron chi connectivity index (χ4n) is 2.60. The number of carbonyl (C=O) groups is 1. The van der Waals surface area contributed by atoms with Crippen molar-refractivity contribution in [3.63, 3.8) is 0 Å². The predicted molar refractivity (Wildman–Crippen MR) is 96.3 cm³/mol. The topological polar surface area (TPSA) is 29.5 Å². The Hall–Kier alpha value is -2.03. The summed E-state index contributed by atoms with van der Waals surface area (Å²) in [6.45, 7) is 10.5. The van der Waals surface area contributed by atoms with E-state index in [4.69, 9.17) is 4.74 Å². The number of hydrogen-bond donors (Lipinski definition) is 0. The Balaban J connectivity index is 2.65.